The Hall–Kier alpha value is -5.24. The van der Waals surface area contributed by atoms with Gasteiger partial charge in [-0.2, -0.15) is 5.26 Å². The second kappa shape index (κ2) is 13.0. The molecule has 1 aliphatic rings. The van der Waals surface area contributed by atoms with Crippen LogP contribution in [-0.4, -0.2) is 49.6 Å². The van der Waals surface area contributed by atoms with E-state index in [1.165, 1.54) is 0 Å². The van der Waals surface area contributed by atoms with Gasteiger partial charge in [-0.05, 0) is 57.5 Å². The monoisotopic (exact) mass is 572 g/mol. The van der Waals surface area contributed by atoms with E-state index in [0.29, 0.717) is 39.8 Å². The Kier molecular flexibility index (Phi) is 9.17. The van der Waals surface area contributed by atoms with Crippen LogP contribution < -0.4 is 29.6 Å². The lowest BCUT2D eigenvalue weighted by Gasteiger charge is -2.19. The summed E-state index contributed by atoms with van der Waals surface area (Å²) in [5.74, 6) is 2.01. The highest BCUT2D eigenvalue weighted by Crippen LogP contribution is 2.40. The molecule has 0 bridgehead atoms. The number of hydrogen-bond donors (Lipinski definition) is 2. The van der Waals surface area contributed by atoms with Crippen LogP contribution in [0.15, 0.2) is 48.5 Å². The smallest absolute Gasteiger partial charge is 0.408 e. The van der Waals surface area contributed by atoms with Gasteiger partial charge in [0, 0.05) is 29.4 Å². The minimum atomic E-state index is -0.675. The van der Waals surface area contributed by atoms with Crippen LogP contribution in [0, 0.1) is 18.3 Å². The van der Waals surface area contributed by atoms with E-state index in [1.807, 2.05) is 19.1 Å². The van der Waals surface area contributed by atoms with Crippen molar-refractivity contribution in [2.45, 2.75) is 33.3 Å². The van der Waals surface area contributed by atoms with Gasteiger partial charge in [0.1, 0.15) is 35.3 Å². The topological polar surface area (TPSA) is 141 Å². The number of benzene rings is 2. The lowest BCUT2D eigenvalue weighted by Crippen LogP contribution is -2.39. The molecule has 2 heterocycles. The highest BCUT2D eigenvalue weighted by molar-refractivity contribution is 5.84. The molecule has 0 radical (unpaired) electrons. The molecule has 0 fully saturated rings. The van der Waals surface area contributed by atoms with Crippen LogP contribution >= 0.6 is 0 Å². The summed E-state index contributed by atoms with van der Waals surface area (Å²) in [5.41, 5.74) is 2.20. The molecule has 0 saturated heterocycles. The second-order valence-electron chi connectivity index (χ2n) is 10.2. The lowest BCUT2D eigenvalue weighted by molar-refractivity contribution is -0.120. The summed E-state index contributed by atoms with van der Waals surface area (Å²) in [4.78, 5) is 28.6. The summed E-state index contributed by atoms with van der Waals surface area (Å²) in [6.07, 6.45) is 2.85. The first-order valence-corrected chi connectivity index (χ1v) is 13.1. The van der Waals surface area contributed by atoms with Crippen molar-refractivity contribution in [3.8, 4) is 46.1 Å². The second-order valence-corrected chi connectivity index (χ2v) is 10.2. The van der Waals surface area contributed by atoms with Crippen LogP contribution in [0.25, 0.3) is 17.2 Å². The number of rotatable bonds is 9. The molecule has 2 N–H and O–H groups in total. The first-order valence-electron chi connectivity index (χ1n) is 13.1. The highest BCUT2D eigenvalue weighted by Gasteiger charge is 2.22. The molecule has 0 spiro atoms. The largest absolute Gasteiger partial charge is 0.497 e. The van der Waals surface area contributed by atoms with Crippen LogP contribution in [0.2, 0.25) is 0 Å². The molecule has 42 heavy (non-hydrogen) atoms. The van der Waals surface area contributed by atoms with Crippen LogP contribution in [0.1, 0.15) is 37.6 Å². The first-order chi connectivity index (χ1) is 20.1. The number of alkyl carbamates (subject to hydrolysis) is 1. The van der Waals surface area contributed by atoms with Crippen molar-refractivity contribution in [2.24, 2.45) is 0 Å². The normalized spacial score (nSPS) is 12.0. The third-order valence-corrected chi connectivity index (χ3v) is 5.94. The molecule has 11 heteroatoms. The minimum Gasteiger partial charge on any atom is -0.497 e. The lowest BCUT2D eigenvalue weighted by atomic mass is 9.94. The van der Waals surface area contributed by atoms with Gasteiger partial charge < -0.3 is 34.3 Å². The number of pyridine rings is 1. The fourth-order valence-electron chi connectivity index (χ4n) is 4.06. The Balaban J connectivity index is 1.58. The van der Waals surface area contributed by atoms with Crippen molar-refractivity contribution in [3.05, 3.63) is 65.4 Å². The number of carbonyl (C=O) groups excluding carboxylic acids is 2. The third kappa shape index (κ3) is 7.48. The molecule has 3 aromatic rings. The summed E-state index contributed by atoms with van der Waals surface area (Å²) in [7, 11) is 1.58. The van der Waals surface area contributed by atoms with E-state index in [-0.39, 0.29) is 37.2 Å². The van der Waals surface area contributed by atoms with Gasteiger partial charge in [-0.1, -0.05) is 24.3 Å². The molecule has 0 unspecified atom stereocenters. The Morgan fingerprint density at radius 3 is 2.48 bits per heavy atom. The maximum Gasteiger partial charge on any atom is 0.408 e. The van der Waals surface area contributed by atoms with E-state index in [9.17, 15) is 14.9 Å². The number of aromatic nitrogens is 1. The number of nitriles is 1. The van der Waals surface area contributed by atoms with Crippen LogP contribution in [0.3, 0.4) is 0 Å². The number of methoxy groups -OCH3 is 1. The van der Waals surface area contributed by atoms with Gasteiger partial charge in [-0.15, -0.1) is 0 Å². The van der Waals surface area contributed by atoms with Gasteiger partial charge in [-0.3, -0.25) is 4.79 Å². The highest BCUT2D eigenvalue weighted by atomic mass is 16.7. The van der Waals surface area contributed by atoms with Gasteiger partial charge in [0.2, 0.25) is 18.6 Å². The molecule has 2 aromatic carbocycles. The van der Waals surface area contributed by atoms with Crippen molar-refractivity contribution in [2.75, 3.05) is 27.0 Å². The number of carbonyl (C=O) groups is 2. The number of fused-ring (bicyclic) bond motifs is 1. The number of nitrogens with one attached hydrogen (secondary N) is 2. The average molecular weight is 573 g/mol. The Morgan fingerprint density at radius 1 is 1.07 bits per heavy atom. The summed E-state index contributed by atoms with van der Waals surface area (Å²) in [6, 6.07) is 14.7. The Labute approximate surface area is 244 Å². The van der Waals surface area contributed by atoms with E-state index >= 15 is 0 Å². The van der Waals surface area contributed by atoms with Crippen molar-refractivity contribution in [1.29, 1.82) is 5.26 Å². The standard InChI is InChI=1S/C31H32N4O7/c1-19-23(7-6-14-33-27(36)17-34-30(37)42-31(2,3)4)28(20-8-10-21(38-5)11-9-20)24(16-32)29(35-19)41-22-12-13-25-26(15-22)40-18-39-25/h6-13,15H,14,17-18H2,1-5H3,(H,33,36)(H,34,37)/b7-6+. The maximum absolute atomic E-state index is 12.2. The van der Waals surface area contributed by atoms with E-state index in [0.717, 1.165) is 5.56 Å². The quantitative estimate of drug-likeness (QED) is 0.358. The maximum atomic E-state index is 12.2. The number of hydrogen-bond acceptors (Lipinski definition) is 9. The van der Waals surface area contributed by atoms with E-state index in [2.05, 4.69) is 21.7 Å². The molecule has 0 saturated carbocycles. The Bertz CT molecular complexity index is 1540. The minimum absolute atomic E-state index is 0.128. The fourth-order valence-corrected chi connectivity index (χ4v) is 4.06. The average Bonchev–Trinajstić information content (AvgIpc) is 3.42. The molecule has 218 valence electrons. The molecule has 1 aliphatic heterocycles. The molecule has 2 amide bonds. The van der Waals surface area contributed by atoms with E-state index in [1.54, 1.807) is 70.4 Å². The van der Waals surface area contributed by atoms with Gasteiger partial charge >= 0.3 is 6.09 Å². The molecular formula is C31H32N4O7. The fraction of sp³-hybridized carbons (Fsp3) is 0.290. The van der Waals surface area contributed by atoms with E-state index in [4.69, 9.17) is 23.7 Å². The zero-order valence-corrected chi connectivity index (χ0v) is 24.1. The zero-order valence-electron chi connectivity index (χ0n) is 24.1. The predicted molar refractivity (Wildman–Crippen MR) is 155 cm³/mol. The predicted octanol–water partition coefficient (Wildman–Crippen LogP) is 5.11. The molecule has 11 nitrogen and oxygen atoms in total. The molecule has 0 aliphatic carbocycles. The number of amides is 2. The van der Waals surface area contributed by atoms with Crippen molar-refractivity contribution in [3.63, 3.8) is 0 Å². The summed E-state index contributed by atoms with van der Waals surface area (Å²) in [6.45, 7) is 7.10. The van der Waals surface area contributed by atoms with Gasteiger partial charge in [-0.25, -0.2) is 9.78 Å². The van der Waals surface area contributed by atoms with Gasteiger partial charge in [0.05, 0.1) is 7.11 Å². The molecule has 4 rings (SSSR count). The number of nitrogens with zero attached hydrogens (tertiary/aromatic N) is 2. The van der Waals surface area contributed by atoms with Crippen molar-refractivity contribution < 1.29 is 33.3 Å². The van der Waals surface area contributed by atoms with Crippen LogP contribution in [-0.2, 0) is 9.53 Å². The first kappa shape index (κ1) is 29.7. The van der Waals surface area contributed by atoms with Crippen molar-refractivity contribution >= 4 is 18.1 Å². The molecule has 1 aromatic heterocycles. The summed E-state index contributed by atoms with van der Waals surface area (Å²) >= 11 is 0. The zero-order chi connectivity index (χ0) is 30.3. The van der Waals surface area contributed by atoms with Crippen LogP contribution in [0.5, 0.6) is 28.9 Å². The third-order valence-electron chi connectivity index (χ3n) is 5.94. The van der Waals surface area contributed by atoms with Gasteiger partial charge in [0.15, 0.2) is 11.5 Å². The van der Waals surface area contributed by atoms with E-state index < -0.39 is 11.7 Å². The number of aryl methyl sites for hydroxylation is 1. The Morgan fingerprint density at radius 2 is 1.79 bits per heavy atom. The SMILES string of the molecule is COc1ccc(-c2c(C#N)c(Oc3ccc4c(c3)OCO4)nc(C)c2/C=C/CNC(=O)CNC(=O)OC(C)(C)C)cc1. The van der Waals surface area contributed by atoms with Gasteiger partial charge in [0.25, 0.3) is 0 Å². The summed E-state index contributed by atoms with van der Waals surface area (Å²) in [5, 5.41) is 15.4. The molecular weight excluding hydrogens is 540 g/mol. The van der Waals surface area contributed by atoms with Crippen molar-refractivity contribution in [1.82, 2.24) is 15.6 Å². The van der Waals surface area contributed by atoms with Crippen LogP contribution in [0.4, 0.5) is 4.79 Å². The molecule has 0 atom stereocenters. The summed E-state index contributed by atoms with van der Waals surface area (Å²) < 4.78 is 27.3. The number of ether oxygens (including phenoxy) is 5.